The summed E-state index contributed by atoms with van der Waals surface area (Å²) in [7, 11) is 0. The average molecular weight is 257 g/mol. The minimum atomic E-state index is -0.611. The second kappa shape index (κ2) is 5.98. The molecule has 19 heavy (non-hydrogen) atoms. The van der Waals surface area contributed by atoms with E-state index in [-0.39, 0.29) is 5.82 Å². The molecule has 0 saturated heterocycles. The smallest absolute Gasteiger partial charge is 0.128 e. The van der Waals surface area contributed by atoms with Crippen LogP contribution in [0.3, 0.4) is 0 Å². The van der Waals surface area contributed by atoms with Crippen molar-refractivity contribution in [2.24, 2.45) is 5.73 Å². The molecule has 1 unspecified atom stereocenters. The summed E-state index contributed by atoms with van der Waals surface area (Å²) < 4.78 is 13.8. The monoisotopic (exact) mass is 257 g/mol. The van der Waals surface area contributed by atoms with Crippen LogP contribution in [0.25, 0.3) is 0 Å². The molecular formula is C17H20FN. The fraction of sp³-hybridized carbons (Fsp3) is 0.294. The molecule has 2 heteroatoms. The highest BCUT2D eigenvalue weighted by Crippen LogP contribution is 2.26. The van der Waals surface area contributed by atoms with Gasteiger partial charge >= 0.3 is 0 Å². The third kappa shape index (κ3) is 3.65. The number of halogens is 1. The van der Waals surface area contributed by atoms with E-state index in [1.165, 1.54) is 11.6 Å². The van der Waals surface area contributed by atoms with Crippen molar-refractivity contribution in [2.75, 3.05) is 0 Å². The molecule has 0 saturated carbocycles. The first-order valence-electron chi connectivity index (χ1n) is 6.67. The van der Waals surface area contributed by atoms with Gasteiger partial charge in [0.15, 0.2) is 0 Å². The van der Waals surface area contributed by atoms with Crippen LogP contribution in [0.5, 0.6) is 0 Å². The van der Waals surface area contributed by atoms with Gasteiger partial charge < -0.3 is 5.73 Å². The van der Waals surface area contributed by atoms with Gasteiger partial charge in [-0.25, -0.2) is 4.39 Å². The van der Waals surface area contributed by atoms with Crippen LogP contribution in [0, 0.1) is 5.82 Å². The quantitative estimate of drug-likeness (QED) is 0.860. The number of nitrogens with two attached hydrogens (primary N) is 1. The average Bonchev–Trinajstić information content (AvgIpc) is 2.40. The molecule has 100 valence electrons. The van der Waals surface area contributed by atoms with Gasteiger partial charge in [-0.1, -0.05) is 48.5 Å². The minimum absolute atomic E-state index is 0.216. The van der Waals surface area contributed by atoms with Gasteiger partial charge in [-0.05, 0) is 37.8 Å². The highest BCUT2D eigenvalue weighted by Gasteiger charge is 2.23. The Morgan fingerprint density at radius 1 is 1.00 bits per heavy atom. The molecule has 2 aromatic carbocycles. The highest BCUT2D eigenvalue weighted by atomic mass is 19.1. The fourth-order valence-corrected chi connectivity index (χ4v) is 2.36. The van der Waals surface area contributed by atoms with E-state index in [2.05, 4.69) is 12.1 Å². The predicted molar refractivity (Wildman–Crippen MR) is 77.3 cm³/mol. The van der Waals surface area contributed by atoms with Crippen LogP contribution >= 0.6 is 0 Å². The SMILES string of the molecule is CC(N)(CCCc1ccccc1)c1ccccc1F. The van der Waals surface area contributed by atoms with Crippen molar-refractivity contribution in [2.45, 2.75) is 31.7 Å². The molecule has 0 fully saturated rings. The zero-order valence-electron chi connectivity index (χ0n) is 11.3. The Morgan fingerprint density at radius 3 is 2.32 bits per heavy atom. The Kier molecular flexibility index (Phi) is 4.33. The van der Waals surface area contributed by atoms with E-state index in [0.717, 1.165) is 19.3 Å². The van der Waals surface area contributed by atoms with E-state index >= 15 is 0 Å². The van der Waals surface area contributed by atoms with Crippen molar-refractivity contribution in [3.63, 3.8) is 0 Å². The van der Waals surface area contributed by atoms with Crippen LogP contribution in [-0.2, 0) is 12.0 Å². The van der Waals surface area contributed by atoms with Crippen molar-refractivity contribution < 1.29 is 4.39 Å². The molecule has 0 heterocycles. The van der Waals surface area contributed by atoms with E-state index in [1.807, 2.05) is 31.2 Å². The van der Waals surface area contributed by atoms with Gasteiger partial charge in [-0.3, -0.25) is 0 Å². The topological polar surface area (TPSA) is 26.0 Å². The Bertz CT molecular complexity index is 520. The number of rotatable bonds is 5. The fourth-order valence-electron chi connectivity index (χ4n) is 2.36. The van der Waals surface area contributed by atoms with Gasteiger partial charge in [0.2, 0.25) is 0 Å². The van der Waals surface area contributed by atoms with E-state index in [4.69, 9.17) is 5.73 Å². The molecule has 2 aromatic rings. The molecule has 0 spiro atoms. The van der Waals surface area contributed by atoms with Crippen LogP contribution in [-0.4, -0.2) is 0 Å². The molecule has 0 aliphatic carbocycles. The maximum absolute atomic E-state index is 13.8. The van der Waals surface area contributed by atoms with Crippen LogP contribution in [0.2, 0.25) is 0 Å². The largest absolute Gasteiger partial charge is 0.322 e. The Labute approximate surface area is 114 Å². The van der Waals surface area contributed by atoms with Crippen LogP contribution < -0.4 is 5.73 Å². The first-order chi connectivity index (χ1) is 9.09. The normalized spacial score (nSPS) is 14.1. The van der Waals surface area contributed by atoms with Gasteiger partial charge in [0, 0.05) is 11.1 Å². The molecule has 1 nitrogen and oxygen atoms in total. The Morgan fingerprint density at radius 2 is 1.63 bits per heavy atom. The summed E-state index contributed by atoms with van der Waals surface area (Å²) in [5.74, 6) is -0.216. The maximum Gasteiger partial charge on any atom is 0.128 e. The van der Waals surface area contributed by atoms with E-state index in [1.54, 1.807) is 12.1 Å². The van der Waals surface area contributed by atoms with Crippen LogP contribution in [0.15, 0.2) is 54.6 Å². The minimum Gasteiger partial charge on any atom is -0.322 e. The summed E-state index contributed by atoms with van der Waals surface area (Å²) in [6, 6.07) is 17.1. The van der Waals surface area contributed by atoms with Gasteiger partial charge in [0.1, 0.15) is 5.82 Å². The number of hydrogen-bond acceptors (Lipinski definition) is 1. The predicted octanol–water partition coefficient (Wildman–Crippen LogP) is 4.02. The number of aryl methyl sites for hydroxylation is 1. The molecule has 0 aliphatic rings. The summed E-state index contributed by atoms with van der Waals surface area (Å²) in [6.45, 7) is 1.90. The van der Waals surface area contributed by atoms with Crippen molar-refractivity contribution in [3.8, 4) is 0 Å². The van der Waals surface area contributed by atoms with E-state index in [0.29, 0.717) is 5.56 Å². The van der Waals surface area contributed by atoms with E-state index in [9.17, 15) is 4.39 Å². The molecule has 1 atom stereocenters. The second-order valence-electron chi connectivity index (χ2n) is 5.24. The third-order valence-corrected chi connectivity index (χ3v) is 3.49. The molecule has 0 aromatic heterocycles. The van der Waals surface area contributed by atoms with Crippen LogP contribution in [0.4, 0.5) is 4.39 Å². The van der Waals surface area contributed by atoms with E-state index < -0.39 is 5.54 Å². The summed E-state index contributed by atoms with van der Waals surface area (Å²) in [5, 5.41) is 0. The van der Waals surface area contributed by atoms with Gasteiger partial charge in [-0.2, -0.15) is 0 Å². The lowest BCUT2D eigenvalue weighted by Crippen LogP contribution is -2.34. The summed E-state index contributed by atoms with van der Waals surface area (Å²) >= 11 is 0. The first kappa shape index (κ1) is 13.8. The Balaban J connectivity index is 1.97. The molecule has 0 bridgehead atoms. The Hall–Kier alpha value is -1.67. The number of hydrogen-bond donors (Lipinski definition) is 1. The van der Waals surface area contributed by atoms with Gasteiger partial charge in [0.05, 0.1) is 0 Å². The van der Waals surface area contributed by atoms with Crippen molar-refractivity contribution in [3.05, 3.63) is 71.5 Å². The lowest BCUT2D eigenvalue weighted by atomic mass is 9.87. The summed E-state index contributed by atoms with van der Waals surface area (Å²) in [5.41, 5.74) is 7.55. The van der Waals surface area contributed by atoms with Crippen molar-refractivity contribution >= 4 is 0 Å². The summed E-state index contributed by atoms with van der Waals surface area (Å²) in [4.78, 5) is 0. The molecule has 2 N–H and O–H groups in total. The second-order valence-corrected chi connectivity index (χ2v) is 5.24. The van der Waals surface area contributed by atoms with Crippen molar-refractivity contribution in [1.82, 2.24) is 0 Å². The number of benzene rings is 2. The van der Waals surface area contributed by atoms with Gasteiger partial charge in [0.25, 0.3) is 0 Å². The third-order valence-electron chi connectivity index (χ3n) is 3.49. The molecule has 0 radical (unpaired) electrons. The molecule has 0 amide bonds. The maximum atomic E-state index is 13.8. The van der Waals surface area contributed by atoms with Crippen molar-refractivity contribution in [1.29, 1.82) is 0 Å². The lowest BCUT2D eigenvalue weighted by molar-refractivity contribution is 0.414. The molecule has 0 aliphatic heterocycles. The zero-order chi connectivity index (χ0) is 13.7. The molecular weight excluding hydrogens is 237 g/mol. The molecule has 2 rings (SSSR count). The van der Waals surface area contributed by atoms with Gasteiger partial charge in [-0.15, -0.1) is 0 Å². The highest BCUT2D eigenvalue weighted by molar-refractivity contribution is 5.25. The lowest BCUT2D eigenvalue weighted by Gasteiger charge is -2.25. The van der Waals surface area contributed by atoms with Crippen LogP contribution in [0.1, 0.15) is 30.9 Å². The summed E-state index contributed by atoms with van der Waals surface area (Å²) in [6.07, 6.45) is 2.69. The first-order valence-corrected chi connectivity index (χ1v) is 6.67. The zero-order valence-corrected chi connectivity index (χ0v) is 11.3. The standard InChI is InChI=1S/C17H20FN/c1-17(19,15-11-5-6-12-16(15)18)13-7-10-14-8-3-2-4-9-14/h2-6,8-9,11-12H,7,10,13,19H2,1H3.